The maximum atomic E-state index is 11.9. The van der Waals surface area contributed by atoms with Gasteiger partial charge < -0.3 is 15.2 Å². The van der Waals surface area contributed by atoms with Gasteiger partial charge in [0.05, 0.1) is 17.6 Å². The third kappa shape index (κ3) is 3.01. The van der Waals surface area contributed by atoms with Crippen LogP contribution >= 0.6 is 0 Å². The van der Waals surface area contributed by atoms with Crippen LogP contribution in [0.25, 0.3) is 11.0 Å². The lowest BCUT2D eigenvalue weighted by Gasteiger charge is -2.13. The van der Waals surface area contributed by atoms with Crippen molar-refractivity contribution in [2.45, 2.75) is 51.7 Å². The van der Waals surface area contributed by atoms with Crippen molar-refractivity contribution in [3.63, 3.8) is 0 Å². The monoisotopic (exact) mass is 286 g/mol. The molecular weight excluding hydrogens is 264 g/mol. The second kappa shape index (κ2) is 6.16. The molecule has 0 spiro atoms. The second-order valence-electron chi connectivity index (χ2n) is 5.57. The molecule has 1 saturated carbocycles. The van der Waals surface area contributed by atoms with Crippen LogP contribution in [0.4, 0.5) is 4.79 Å². The molecule has 2 aromatic rings. The van der Waals surface area contributed by atoms with Crippen molar-refractivity contribution in [2.24, 2.45) is 0 Å². The molecule has 2 amide bonds. The predicted molar refractivity (Wildman–Crippen MR) is 83.0 cm³/mol. The van der Waals surface area contributed by atoms with Crippen molar-refractivity contribution in [1.82, 2.24) is 20.2 Å². The van der Waals surface area contributed by atoms with Gasteiger partial charge in [-0.1, -0.05) is 25.0 Å². The van der Waals surface area contributed by atoms with Crippen LogP contribution < -0.4 is 10.6 Å². The Bertz CT molecular complexity index is 628. The standard InChI is InChI=1S/C16H22N4O/c1-2-20-14-10-6-5-9-13(14)19-15(20)11-17-16(21)18-12-7-3-4-8-12/h5-6,9-10,12H,2-4,7-8,11H2,1H3,(H2,17,18,21). The van der Waals surface area contributed by atoms with Crippen LogP contribution in [-0.2, 0) is 13.1 Å². The summed E-state index contributed by atoms with van der Waals surface area (Å²) in [6, 6.07) is 8.32. The highest BCUT2D eigenvalue weighted by Gasteiger charge is 2.17. The summed E-state index contributed by atoms with van der Waals surface area (Å²) in [4.78, 5) is 16.5. The van der Waals surface area contributed by atoms with E-state index in [-0.39, 0.29) is 6.03 Å². The number of nitrogens with zero attached hydrogens (tertiary/aromatic N) is 2. The Balaban J connectivity index is 1.65. The van der Waals surface area contributed by atoms with Crippen molar-refractivity contribution in [3.8, 4) is 0 Å². The molecule has 21 heavy (non-hydrogen) atoms. The van der Waals surface area contributed by atoms with Crippen molar-refractivity contribution in [3.05, 3.63) is 30.1 Å². The molecule has 1 aliphatic rings. The predicted octanol–water partition coefficient (Wildman–Crippen LogP) is 2.80. The molecule has 0 bridgehead atoms. The normalized spacial score (nSPS) is 15.5. The highest BCUT2D eigenvalue weighted by atomic mass is 16.2. The molecule has 112 valence electrons. The number of aromatic nitrogens is 2. The zero-order valence-electron chi connectivity index (χ0n) is 12.4. The van der Waals surface area contributed by atoms with E-state index in [4.69, 9.17) is 0 Å². The first-order chi connectivity index (χ1) is 10.3. The van der Waals surface area contributed by atoms with Crippen LogP contribution in [0.15, 0.2) is 24.3 Å². The Morgan fingerprint density at radius 1 is 1.33 bits per heavy atom. The zero-order valence-corrected chi connectivity index (χ0v) is 12.4. The van der Waals surface area contributed by atoms with Crippen molar-refractivity contribution in [2.75, 3.05) is 0 Å². The summed E-state index contributed by atoms with van der Waals surface area (Å²) in [5.74, 6) is 0.903. The summed E-state index contributed by atoms with van der Waals surface area (Å²) in [6.07, 6.45) is 4.63. The molecule has 0 atom stereocenters. The highest BCUT2D eigenvalue weighted by Crippen LogP contribution is 2.18. The number of nitrogens with one attached hydrogen (secondary N) is 2. The van der Waals surface area contributed by atoms with Gasteiger partial charge in [0.1, 0.15) is 5.82 Å². The lowest BCUT2D eigenvalue weighted by atomic mass is 10.2. The van der Waals surface area contributed by atoms with Crippen LogP contribution in [-0.4, -0.2) is 21.6 Å². The molecule has 1 aliphatic carbocycles. The van der Waals surface area contributed by atoms with E-state index < -0.39 is 0 Å². The van der Waals surface area contributed by atoms with Crippen LogP contribution in [0.5, 0.6) is 0 Å². The number of rotatable bonds is 4. The minimum absolute atomic E-state index is 0.0865. The zero-order chi connectivity index (χ0) is 14.7. The van der Waals surface area contributed by atoms with E-state index in [1.807, 2.05) is 18.2 Å². The number of fused-ring (bicyclic) bond motifs is 1. The summed E-state index contributed by atoms with van der Waals surface area (Å²) in [5.41, 5.74) is 2.10. The molecule has 0 aliphatic heterocycles. The average Bonchev–Trinajstić information content (AvgIpc) is 3.11. The van der Waals surface area contributed by atoms with E-state index in [1.165, 1.54) is 12.8 Å². The lowest BCUT2D eigenvalue weighted by Crippen LogP contribution is -2.40. The Hall–Kier alpha value is -2.04. The molecule has 0 unspecified atom stereocenters. The van der Waals surface area contributed by atoms with E-state index >= 15 is 0 Å². The van der Waals surface area contributed by atoms with Gasteiger partial charge in [-0.2, -0.15) is 0 Å². The maximum Gasteiger partial charge on any atom is 0.315 e. The van der Waals surface area contributed by atoms with E-state index in [9.17, 15) is 4.79 Å². The minimum Gasteiger partial charge on any atom is -0.335 e. The van der Waals surface area contributed by atoms with Gasteiger partial charge in [0.2, 0.25) is 0 Å². The van der Waals surface area contributed by atoms with E-state index in [1.54, 1.807) is 0 Å². The number of para-hydroxylation sites is 2. The third-order valence-corrected chi connectivity index (χ3v) is 4.15. The van der Waals surface area contributed by atoms with Gasteiger partial charge in [0.25, 0.3) is 0 Å². The number of hydrogen-bond acceptors (Lipinski definition) is 2. The van der Waals surface area contributed by atoms with E-state index in [2.05, 4.69) is 33.2 Å². The fourth-order valence-electron chi connectivity index (χ4n) is 3.08. The van der Waals surface area contributed by atoms with Gasteiger partial charge in [-0.3, -0.25) is 0 Å². The number of benzene rings is 1. The van der Waals surface area contributed by atoms with E-state index in [0.29, 0.717) is 12.6 Å². The summed E-state index contributed by atoms with van der Waals surface area (Å²) >= 11 is 0. The van der Waals surface area contributed by atoms with Gasteiger partial charge in [-0.15, -0.1) is 0 Å². The van der Waals surface area contributed by atoms with Gasteiger partial charge in [0, 0.05) is 12.6 Å². The summed E-state index contributed by atoms with van der Waals surface area (Å²) < 4.78 is 2.14. The average molecular weight is 286 g/mol. The minimum atomic E-state index is -0.0865. The van der Waals surface area contributed by atoms with Gasteiger partial charge in [-0.05, 0) is 31.9 Å². The number of carbonyl (C=O) groups is 1. The van der Waals surface area contributed by atoms with Gasteiger partial charge in [-0.25, -0.2) is 9.78 Å². The van der Waals surface area contributed by atoms with Crippen molar-refractivity contribution < 1.29 is 4.79 Å². The third-order valence-electron chi connectivity index (χ3n) is 4.15. The smallest absolute Gasteiger partial charge is 0.315 e. The van der Waals surface area contributed by atoms with Gasteiger partial charge >= 0.3 is 6.03 Å². The Morgan fingerprint density at radius 3 is 2.86 bits per heavy atom. The van der Waals surface area contributed by atoms with Gasteiger partial charge in [0.15, 0.2) is 0 Å². The topological polar surface area (TPSA) is 59.0 Å². The number of aryl methyl sites for hydroxylation is 1. The van der Waals surface area contributed by atoms with E-state index in [0.717, 1.165) is 36.2 Å². The summed E-state index contributed by atoms with van der Waals surface area (Å²) in [5, 5.41) is 5.96. The lowest BCUT2D eigenvalue weighted by molar-refractivity contribution is 0.236. The quantitative estimate of drug-likeness (QED) is 0.908. The number of amides is 2. The number of urea groups is 1. The SMILES string of the molecule is CCn1c(CNC(=O)NC2CCCC2)nc2ccccc21. The summed E-state index contributed by atoms with van der Waals surface area (Å²) in [6.45, 7) is 3.40. The Kier molecular flexibility index (Phi) is 4.08. The molecule has 3 rings (SSSR count). The maximum absolute atomic E-state index is 11.9. The first-order valence-electron chi connectivity index (χ1n) is 7.76. The van der Waals surface area contributed by atoms with Crippen molar-refractivity contribution >= 4 is 17.1 Å². The molecule has 2 N–H and O–H groups in total. The number of hydrogen-bond donors (Lipinski definition) is 2. The Labute approximate surface area is 124 Å². The second-order valence-corrected chi connectivity index (χ2v) is 5.57. The number of carbonyl (C=O) groups excluding carboxylic acids is 1. The first kappa shape index (κ1) is 13.9. The molecule has 1 heterocycles. The van der Waals surface area contributed by atoms with Crippen molar-refractivity contribution in [1.29, 1.82) is 0 Å². The molecular formula is C16H22N4O. The molecule has 1 aromatic heterocycles. The Morgan fingerprint density at radius 2 is 2.10 bits per heavy atom. The summed E-state index contributed by atoms with van der Waals surface area (Å²) in [7, 11) is 0. The van der Waals surface area contributed by atoms with Crippen LogP contribution in [0.1, 0.15) is 38.4 Å². The first-order valence-corrected chi connectivity index (χ1v) is 7.76. The fraction of sp³-hybridized carbons (Fsp3) is 0.500. The van der Waals surface area contributed by atoms with Crippen LogP contribution in [0, 0.1) is 0 Å². The van der Waals surface area contributed by atoms with Crippen LogP contribution in [0.3, 0.4) is 0 Å². The molecule has 5 nitrogen and oxygen atoms in total. The molecule has 1 fully saturated rings. The number of imidazole rings is 1. The fourth-order valence-corrected chi connectivity index (χ4v) is 3.08. The highest BCUT2D eigenvalue weighted by molar-refractivity contribution is 5.76. The molecule has 0 radical (unpaired) electrons. The largest absolute Gasteiger partial charge is 0.335 e. The molecule has 1 aromatic carbocycles. The molecule has 5 heteroatoms. The molecule has 0 saturated heterocycles. The van der Waals surface area contributed by atoms with Crippen LogP contribution in [0.2, 0.25) is 0 Å².